The molecule has 1 amide bonds. The zero-order valence-electron chi connectivity index (χ0n) is 14.6. The number of carbonyl (C=O) groups is 1. The minimum absolute atomic E-state index is 0.195. The first kappa shape index (κ1) is 18.0. The number of hydrogen-bond acceptors (Lipinski definition) is 3. The molecule has 3 rings (SSSR count). The molecular weight excluding hydrogens is 330 g/mol. The van der Waals surface area contributed by atoms with Crippen LogP contribution >= 0.6 is 11.8 Å². The summed E-state index contributed by atoms with van der Waals surface area (Å²) in [6, 6.07) is 18.0. The largest absolute Gasteiger partial charge is 0.388 e. The fourth-order valence-electron chi connectivity index (χ4n) is 3.34. The van der Waals surface area contributed by atoms with Gasteiger partial charge in [0.25, 0.3) is 0 Å². The number of hydrogen-bond donors (Lipinski definition) is 1. The van der Waals surface area contributed by atoms with Gasteiger partial charge < -0.3 is 10.0 Å². The van der Waals surface area contributed by atoms with E-state index in [4.69, 9.17) is 0 Å². The summed E-state index contributed by atoms with van der Waals surface area (Å²) in [6.07, 6.45) is 1.29. The van der Waals surface area contributed by atoms with Gasteiger partial charge in [0.1, 0.15) is 0 Å². The molecule has 1 atom stereocenters. The van der Waals surface area contributed by atoms with Crippen LogP contribution in [-0.4, -0.2) is 34.8 Å². The molecule has 1 aliphatic rings. The number of likely N-dealkylation sites (tertiary alicyclic amines) is 1. The van der Waals surface area contributed by atoms with Crippen molar-refractivity contribution in [2.45, 2.75) is 30.8 Å². The van der Waals surface area contributed by atoms with Gasteiger partial charge in [0.2, 0.25) is 5.91 Å². The predicted octanol–water partition coefficient (Wildman–Crippen LogP) is 4.06. The molecule has 1 N–H and O–H groups in total. The number of piperidine rings is 1. The van der Waals surface area contributed by atoms with Crippen molar-refractivity contribution >= 4 is 17.7 Å². The third kappa shape index (κ3) is 4.65. The SMILES string of the molecule is Cc1ccccc1SCC(=O)N1CCC(C(O)c2ccccc2)CC1. The highest BCUT2D eigenvalue weighted by Gasteiger charge is 2.28. The molecule has 1 fully saturated rings. The van der Waals surface area contributed by atoms with Gasteiger partial charge in [-0.15, -0.1) is 11.8 Å². The molecule has 3 nitrogen and oxygen atoms in total. The van der Waals surface area contributed by atoms with E-state index in [-0.39, 0.29) is 11.8 Å². The Bertz CT molecular complexity index is 696. The Morgan fingerprint density at radius 3 is 2.44 bits per heavy atom. The highest BCUT2D eigenvalue weighted by Crippen LogP contribution is 2.31. The van der Waals surface area contributed by atoms with Crippen molar-refractivity contribution in [1.29, 1.82) is 0 Å². The lowest BCUT2D eigenvalue weighted by Gasteiger charge is -2.34. The number of carbonyl (C=O) groups excluding carboxylic acids is 1. The van der Waals surface area contributed by atoms with E-state index in [1.54, 1.807) is 11.8 Å². The van der Waals surface area contributed by atoms with Gasteiger partial charge in [-0.05, 0) is 42.9 Å². The standard InChI is InChI=1S/C21H25NO2S/c1-16-7-5-6-10-19(16)25-15-20(23)22-13-11-18(12-14-22)21(24)17-8-3-2-4-9-17/h2-10,18,21,24H,11-15H2,1H3. The molecule has 4 heteroatoms. The first-order valence-corrected chi connectivity index (χ1v) is 9.83. The number of rotatable bonds is 5. The molecule has 0 saturated carbocycles. The van der Waals surface area contributed by atoms with Crippen molar-refractivity contribution in [2.75, 3.05) is 18.8 Å². The number of benzene rings is 2. The molecule has 1 saturated heterocycles. The zero-order chi connectivity index (χ0) is 17.6. The molecule has 0 spiro atoms. The highest BCUT2D eigenvalue weighted by molar-refractivity contribution is 8.00. The molecule has 1 unspecified atom stereocenters. The van der Waals surface area contributed by atoms with E-state index in [0.29, 0.717) is 5.75 Å². The summed E-state index contributed by atoms with van der Waals surface area (Å²) in [5, 5.41) is 10.5. The summed E-state index contributed by atoms with van der Waals surface area (Å²) >= 11 is 1.61. The second-order valence-electron chi connectivity index (χ2n) is 6.63. The third-order valence-corrected chi connectivity index (χ3v) is 6.09. The molecule has 0 bridgehead atoms. The molecule has 2 aromatic rings. The lowest BCUT2D eigenvalue weighted by molar-refractivity contribution is -0.130. The zero-order valence-corrected chi connectivity index (χ0v) is 15.4. The summed E-state index contributed by atoms with van der Waals surface area (Å²) < 4.78 is 0. The van der Waals surface area contributed by atoms with Crippen LogP contribution in [0.2, 0.25) is 0 Å². The Kier molecular flexibility index (Phi) is 6.16. The fraction of sp³-hybridized carbons (Fsp3) is 0.381. The van der Waals surface area contributed by atoms with Crippen LogP contribution in [0.25, 0.3) is 0 Å². The average Bonchev–Trinajstić information content (AvgIpc) is 2.67. The maximum absolute atomic E-state index is 12.5. The van der Waals surface area contributed by atoms with E-state index in [1.165, 1.54) is 10.5 Å². The molecule has 0 radical (unpaired) electrons. The van der Waals surface area contributed by atoms with Crippen molar-refractivity contribution in [2.24, 2.45) is 5.92 Å². The normalized spacial score (nSPS) is 16.6. The number of thioether (sulfide) groups is 1. The van der Waals surface area contributed by atoms with Gasteiger partial charge in [0, 0.05) is 18.0 Å². The highest BCUT2D eigenvalue weighted by atomic mass is 32.2. The van der Waals surface area contributed by atoms with Crippen molar-refractivity contribution in [3.63, 3.8) is 0 Å². The maximum atomic E-state index is 12.5. The van der Waals surface area contributed by atoms with E-state index in [0.717, 1.165) is 31.5 Å². The van der Waals surface area contributed by atoms with Gasteiger partial charge in [-0.2, -0.15) is 0 Å². The van der Waals surface area contributed by atoms with E-state index < -0.39 is 6.10 Å². The Labute approximate surface area is 154 Å². The van der Waals surface area contributed by atoms with Gasteiger partial charge in [-0.1, -0.05) is 48.5 Å². The van der Waals surface area contributed by atoms with Crippen molar-refractivity contribution in [1.82, 2.24) is 4.90 Å². The monoisotopic (exact) mass is 355 g/mol. The first-order chi connectivity index (χ1) is 12.1. The van der Waals surface area contributed by atoms with E-state index in [9.17, 15) is 9.90 Å². The average molecular weight is 356 g/mol. The molecular formula is C21H25NO2S. The summed E-state index contributed by atoms with van der Waals surface area (Å²) in [5.74, 6) is 0.910. The van der Waals surface area contributed by atoms with Crippen molar-refractivity contribution < 1.29 is 9.90 Å². The molecule has 132 valence electrons. The van der Waals surface area contributed by atoms with E-state index in [2.05, 4.69) is 19.1 Å². The summed E-state index contributed by atoms with van der Waals surface area (Å²) in [4.78, 5) is 15.6. The fourth-order valence-corrected chi connectivity index (χ4v) is 4.27. The quantitative estimate of drug-likeness (QED) is 0.822. The number of aliphatic hydroxyl groups excluding tert-OH is 1. The predicted molar refractivity (Wildman–Crippen MR) is 103 cm³/mol. The number of nitrogens with zero attached hydrogens (tertiary/aromatic N) is 1. The molecule has 1 aliphatic heterocycles. The van der Waals surface area contributed by atoms with Gasteiger partial charge in [0.15, 0.2) is 0 Å². The van der Waals surface area contributed by atoms with Crippen LogP contribution in [0.3, 0.4) is 0 Å². The second kappa shape index (κ2) is 8.54. The van der Waals surface area contributed by atoms with Crippen LogP contribution in [-0.2, 0) is 4.79 Å². The van der Waals surface area contributed by atoms with Gasteiger partial charge in [0.05, 0.1) is 11.9 Å². The summed E-state index contributed by atoms with van der Waals surface area (Å²) in [7, 11) is 0. The van der Waals surface area contributed by atoms with Gasteiger partial charge in [-0.3, -0.25) is 4.79 Å². The Morgan fingerprint density at radius 1 is 1.12 bits per heavy atom. The first-order valence-electron chi connectivity index (χ1n) is 8.84. The number of amides is 1. The van der Waals surface area contributed by atoms with E-state index >= 15 is 0 Å². The summed E-state index contributed by atoms with van der Waals surface area (Å²) in [6.45, 7) is 3.55. The molecule has 0 aliphatic carbocycles. The van der Waals surface area contributed by atoms with Crippen LogP contribution < -0.4 is 0 Å². The Balaban J connectivity index is 1.48. The minimum atomic E-state index is -0.431. The number of aryl methyl sites for hydroxylation is 1. The molecule has 1 heterocycles. The van der Waals surface area contributed by atoms with Gasteiger partial charge >= 0.3 is 0 Å². The molecule has 25 heavy (non-hydrogen) atoms. The van der Waals surface area contributed by atoms with Crippen LogP contribution in [0.15, 0.2) is 59.5 Å². The second-order valence-corrected chi connectivity index (χ2v) is 7.65. The minimum Gasteiger partial charge on any atom is -0.388 e. The van der Waals surface area contributed by atoms with E-state index in [1.807, 2.05) is 47.4 Å². The molecule has 0 aromatic heterocycles. The van der Waals surface area contributed by atoms with Crippen LogP contribution in [0.4, 0.5) is 0 Å². The molecule has 2 aromatic carbocycles. The van der Waals surface area contributed by atoms with Crippen LogP contribution in [0, 0.1) is 12.8 Å². The Hall–Kier alpha value is -1.78. The third-order valence-electron chi connectivity index (χ3n) is 4.92. The topological polar surface area (TPSA) is 40.5 Å². The maximum Gasteiger partial charge on any atom is 0.232 e. The van der Waals surface area contributed by atoms with Crippen molar-refractivity contribution in [3.8, 4) is 0 Å². The van der Waals surface area contributed by atoms with Gasteiger partial charge in [-0.25, -0.2) is 0 Å². The summed E-state index contributed by atoms with van der Waals surface area (Å²) in [5.41, 5.74) is 2.19. The number of aliphatic hydroxyl groups is 1. The van der Waals surface area contributed by atoms with Crippen LogP contribution in [0.1, 0.15) is 30.1 Å². The smallest absolute Gasteiger partial charge is 0.232 e. The van der Waals surface area contributed by atoms with Crippen molar-refractivity contribution in [3.05, 3.63) is 65.7 Å². The Morgan fingerprint density at radius 2 is 1.76 bits per heavy atom. The lowest BCUT2D eigenvalue weighted by Crippen LogP contribution is -2.40. The van der Waals surface area contributed by atoms with Crippen LogP contribution in [0.5, 0.6) is 0 Å². The lowest BCUT2D eigenvalue weighted by atomic mass is 9.87.